The van der Waals surface area contributed by atoms with Gasteiger partial charge in [0.05, 0.1) is 20.1 Å². The van der Waals surface area contributed by atoms with Gasteiger partial charge in [0.2, 0.25) is 0 Å². The molecule has 3 aromatic carbocycles. The molecule has 2 atom stereocenters. The zero-order valence-corrected chi connectivity index (χ0v) is 18.0. The van der Waals surface area contributed by atoms with Crippen LogP contribution in [0.4, 0.5) is 4.39 Å². The number of halogens is 1. The third-order valence-corrected chi connectivity index (χ3v) is 6.09. The molecule has 0 bridgehead atoms. The highest BCUT2D eigenvalue weighted by molar-refractivity contribution is 5.71. The van der Waals surface area contributed by atoms with Gasteiger partial charge in [0.15, 0.2) is 0 Å². The summed E-state index contributed by atoms with van der Waals surface area (Å²) in [6.07, 6.45) is 1.04. The topological polar surface area (TPSA) is 74.2 Å². The fourth-order valence-corrected chi connectivity index (χ4v) is 4.44. The number of carbonyl (C=O) groups excluding carboxylic acids is 1. The first-order valence-corrected chi connectivity index (χ1v) is 10.8. The third-order valence-electron chi connectivity index (χ3n) is 6.09. The van der Waals surface area contributed by atoms with Crippen molar-refractivity contribution < 1.29 is 33.2 Å². The van der Waals surface area contributed by atoms with Gasteiger partial charge in [0, 0.05) is 28.7 Å². The number of ether oxygens (including phenoxy) is 4. The second-order valence-corrected chi connectivity index (χ2v) is 8.17. The van der Waals surface area contributed by atoms with Crippen LogP contribution in [0.25, 0.3) is 0 Å². The van der Waals surface area contributed by atoms with Crippen LogP contribution >= 0.6 is 0 Å². The van der Waals surface area contributed by atoms with Crippen molar-refractivity contribution >= 4 is 5.97 Å². The molecule has 3 aromatic rings. The SMILES string of the molecule is COC(=O)C[C@@H]1COc2cc(O[C@@H]3CCc4c(Oc5ccc(O)cc5)ccc(F)c43)ccc21. The van der Waals surface area contributed by atoms with Crippen molar-refractivity contribution in [2.24, 2.45) is 0 Å². The van der Waals surface area contributed by atoms with Crippen molar-refractivity contribution in [1.29, 1.82) is 0 Å². The van der Waals surface area contributed by atoms with Gasteiger partial charge >= 0.3 is 5.97 Å². The summed E-state index contributed by atoms with van der Waals surface area (Å²) in [7, 11) is 1.37. The van der Waals surface area contributed by atoms with Crippen LogP contribution < -0.4 is 14.2 Å². The van der Waals surface area contributed by atoms with E-state index in [-0.39, 0.29) is 29.9 Å². The maximum atomic E-state index is 14.8. The fourth-order valence-electron chi connectivity index (χ4n) is 4.44. The maximum Gasteiger partial charge on any atom is 0.306 e. The normalized spacial score (nSPS) is 18.2. The number of carbonyl (C=O) groups is 1. The molecule has 1 N–H and O–H groups in total. The molecule has 0 aromatic heterocycles. The number of phenolic OH excluding ortho intramolecular Hbond substituents is 1. The van der Waals surface area contributed by atoms with Crippen LogP contribution in [0, 0.1) is 5.82 Å². The van der Waals surface area contributed by atoms with Crippen LogP contribution in [-0.4, -0.2) is 24.8 Å². The summed E-state index contributed by atoms with van der Waals surface area (Å²) in [5.41, 5.74) is 2.22. The number of hydrogen-bond donors (Lipinski definition) is 1. The minimum absolute atomic E-state index is 0.0502. The van der Waals surface area contributed by atoms with Gasteiger partial charge in [0.1, 0.15) is 40.7 Å². The highest BCUT2D eigenvalue weighted by Crippen LogP contribution is 2.44. The fraction of sp³-hybridized carbons (Fsp3) is 0.269. The van der Waals surface area contributed by atoms with Gasteiger partial charge in [0.25, 0.3) is 0 Å². The van der Waals surface area contributed by atoms with Gasteiger partial charge in [-0.05, 0) is 55.3 Å². The first kappa shape index (κ1) is 21.1. The first-order chi connectivity index (χ1) is 16.0. The highest BCUT2D eigenvalue weighted by atomic mass is 19.1. The molecule has 1 heterocycles. The lowest BCUT2D eigenvalue weighted by atomic mass is 9.98. The van der Waals surface area contributed by atoms with Crippen molar-refractivity contribution in [3.8, 4) is 28.7 Å². The molecule has 0 spiro atoms. The van der Waals surface area contributed by atoms with E-state index in [4.69, 9.17) is 18.9 Å². The van der Waals surface area contributed by atoms with Gasteiger partial charge in [-0.3, -0.25) is 4.79 Å². The van der Waals surface area contributed by atoms with Gasteiger partial charge < -0.3 is 24.1 Å². The van der Waals surface area contributed by atoms with Crippen LogP contribution in [0.15, 0.2) is 54.6 Å². The van der Waals surface area contributed by atoms with Crippen LogP contribution in [0.2, 0.25) is 0 Å². The quantitative estimate of drug-likeness (QED) is 0.505. The van der Waals surface area contributed by atoms with Gasteiger partial charge in [-0.2, -0.15) is 0 Å². The van der Waals surface area contributed by atoms with E-state index < -0.39 is 6.10 Å². The Morgan fingerprint density at radius 1 is 1.12 bits per heavy atom. The molecule has 170 valence electrons. The monoisotopic (exact) mass is 450 g/mol. The lowest BCUT2D eigenvalue weighted by Crippen LogP contribution is -2.09. The van der Waals surface area contributed by atoms with Gasteiger partial charge in [-0.1, -0.05) is 6.07 Å². The van der Waals surface area contributed by atoms with Crippen LogP contribution in [0.3, 0.4) is 0 Å². The Hall–Kier alpha value is -3.74. The summed E-state index contributed by atoms with van der Waals surface area (Å²) in [6.45, 7) is 0.409. The molecule has 0 radical (unpaired) electrons. The second-order valence-electron chi connectivity index (χ2n) is 8.17. The van der Waals surface area contributed by atoms with E-state index in [1.54, 1.807) is 24.3 Å². The van der Waals surface area contributed by atoms with Crippen molar-refractivity contribution in [3.63, 3.8) is 0 Å². The summed E-state index contributed by atoms with van der Waals surface area (Å²) in [6, 6.07) is 14.9. The van der Waals surface area contributed by atoms with Crippen molar-refractivity contribution in [1.82, 2.24) is 0 Å². The van der Waals surface area contributed by atoms with Crippen molar-refractivity contribution in [3.05, 3.63) is 77.1 Å². The van der Waals surface area contributed by atoms with Gasteiger partial charge in [-0.15, -0.1) is 0 Å². The average molecular weight is 450 g/mol. The zero-order valence-electron chi connectivity index (χ0n) is 18.0. The molecule has 5 rings (SSSR count). The van der Waals surface area contributed by atoms with Crippen molar-refractivity contribution in [2.45, 2.75) is 31.3 Å². The molecule has 1 aliphatic carbocycles. The lowest BCUT2D eigenvalue weighted by molar-refractivity contribution is -0.141. The van der Waals surface area contributed by atoms with E-state index in [2.05, 4.69) is 0 Å². The summed E-state index contributed by atoms with van der Waals surface area (Å²) in [5, 5.41) is 9.46. The zero-order chi connectivity index (χ0) is 22.9. The third kappa shape index (κ3) is 4.18. The van der Waals surface area contributed by atoms with Crippen LogP contribution in [-0.2, 0) is 16.0 Å². The van der Waals surface area contributed by atoms with E-state index in [1.165, 1.54) is 25.3 Å². The molecule has 0 saturated heterocycles. The number of fused-ring (bicyclic) bond motifs is 2. The standard InChI is InChI=1S/C26H23FO6/c1-30-25(29)12-15-14-31-24-13-18(6-7-19(15)24)33-23-10-8-20-22(11-9-21(27)26(20)23)32-17-4-2-16(28)3-5-17/h2-7,9,11,13,15,23,28H,8,10,12,14H2,1H3/t15-,23-/m1/s1. The number of methoxy groups -OCH3 is 1. The summed E-state index contributed by atoms with van der Waals surface area (Å²) in [4.78, 5) is 11.6. The number of hydrogen-bond acceptors (Lipinski definition) is 6. The predicted octanol–water partition coefficient (Wildman–Crippen LogP) is 5.43. The smallest absolute Gasteiger partial charge is 0.306 e. The molecular weight excluding hydrogens is 427 g/mol. The summed E-state index contributed by atoms with van der Waals surface area (Å²) < 4.78 is 37.4. The Balaban J connectivity index is 1.35. The van der Waals surface area contributed by atoms with E-state index in [0.29, 0.717) is 48.0 Å². The molecule has 0 amide bonds. The average Bonchev–Trinajstić information content (AvgIpc) is 3.42. The summed E-state index contributed by atoms with van der Waals surface area (Å²) >= 11 is 0. The number of aromatic hydroxyl groups is 1. The van der Waals surface area contributed by atoms with Crippen LogP contribution in [0.1, 0.15) is 41.6 Å². The Labute approximate surface area is 190 Å². The minimum atomic E-state index is -0.450. The largest absolute Gasteiger partial charge is 0.508 e. The summed E-state index contributed by atoms with van der Waals surface area (Å²) in [5.74, 6) is 1.87. The number of esters is 1. The Morgan fingerprint density at radius 3 is 2.70 bits per heavy atom. The molecule has 0 fully saturated rings. The maximum absolute atomic E-state index is 14.8. The van der Waals surface area contributed by atoms with Gasteiger partial charge in [-0.25, -0.2) is 4.39 Å². The van der Waals surface area contributed by atoms with E-state index in [0.717, 1.165) is 11.1 Å². The molecule has 6 nitrogen and oxygen atoms in total. The predicted molar refractivity (Wildman–Crippen MR) is 118 cm³/mol. The van der Waals surface area contributed by atoms with Crippen molar-refractivity contribution in [2.75, 3.05) is 13.7 Å². The van der Waals surface area contributed by atoms with E-state index in [9.17, 15) is 14.3 Å². The van der Waals surface area contributed by atoms with E-state index >= 15 is 0 Å². The highest BCUT2D eigenvalue weighted by Gasteiger charge is 2.32. The minimum Gasteiger partial charge on any atom is -0.508 e. The molecule has 7 heteroatoms. The molecule has 33 heavy (non-hydrogen) atoms. The molecule has 1 aliphatic heterocycles. The Bertz CT molecular complexity index is 1190. The van der Waals surface area contributed by atoms with E-state index in [1.807, 2.05) is 12.1 Å². The molecular formula is C26H23FO6. The Morgan fingerprint density at radius 2 is 1.91 bits per heavy atom. The number of benzene rings is 3. The van der Waals surface area contributed by atoms with Crippen LogP contribution in [0.5, 0.6) is 28.7 Å². The number of phenols is 1. The number of rotatable bonds is 6. The molecule has 2 aliphatic rings. The first-order valence-electron chi connectivity index (χ1n) is 10.8. The molecule has 0 saturated carbocycles. The Kier molecular flexibility index (Phi) is 5.54. The molecule has 0 unspecified atom stereocenters. The lowest BCUT2D eigenvalue weighted by Gasteiger charge is -2.17. The second kappa shape index (κ2) is 8.65.